The third-order valence-corrected chi connectivity index (χ3v) is 3.23. The van der Waals surface area contributed by atoms with E-state index in [1.807, 2.05) is 0 Å². The first-order valence-electron chi connectivity index (χ1n) is 6.23. The minimum atomic E-state index is -0.375. The van der Waals surface area contributed by atoms with Crippen LogP contribution in [0.25, 0.3) is 0 Å². The zero-order valence-corrected chi connectivity index (χ0v) is 11.0. The Bertz CT molecular complexity index is 191. The summed E-state index contributed by atoms with van der Waals surface area (Å²) >= 11 is 0. The highest BCUT2D eigenvalue weighted by atomic mass is 35.5. The number of halogens is 1. The Labute approximate surface area is 105 Å². The predicted octanol–water partition coefficient (Wildman–Crippen LogP) is 2.23. The largest absolute Gasteiger partial charge is 0.355 e. The van der Waals surface area contributed by atoms with Gasteiger partial charge in [-0.05, 0) is 25.7 Å². The first kappa shape index (κ1) is 15.7. The van der Waals surface area contributed by atoms with Crippen LogP contribution in [0.15, 0.2) is 0 Å². The van der Waals surface area contributed by atoms with Gasteiger partial charge < -0.3 is 11.1 Å². The summed E-state index contributed by atoms with van der Waals surface area (Å²) < 4.78 is 0. The zero-order chi connectivity index (χ0) is 11.1. The van der Waals surface area contributed by atoms with Gasteiger partial charge in [0.05, 0.1) is 6.04 Å². The lowest BCUT2D eigenvalue weighted by Crippen LogP contribution is -2.38. The third-order valence-electron chi connectivity index (χ3n) is 3.23. The standard InChI is InChI=1S/C12H24N2O.ClH/c1-10(13)12(15)14-9-5-8-11-6-3-2-4-7-11;/h10-11H,2-9,13H2,1H3,(H,14,15);1H/t10-;/m0./s1. The number of amides is 1. The van der Waals surface area contributed by atoms with Crippen molar-refractivity contribution in [1.82, 2.24) is 5.32 Å². The van der Waals surface area contributed by atoms with Crippen molar-refractivity contribution >= 4 is 18.3 Å². The number of carbonyl (C=O) groups is 1. The number of hydrogen-bond acceptors (Lipinski definition) is 2. The lowest BCUT2D eigenvalue weighted by Gasteiger charge is -2.21. The van der Waals surface area contributed by atoms with Gasteiger partial charge in [-0.3, -0.25) is 4.79 Å². The molecule has 0 aromatic carbocycles. The fourth-order valence-electron chi connectivity index (χ4n) is 2.24. The molecule has 1 atom stereocenters. The Morgan fingerprint density at radius 1 is 1.38 bits per heavy atom. The summed E-state index contributed by atoms with van der Waals surface area (Å²) in [6.45, 7) is 2.51. The number of nitrogens with two attached hydrogens (primary N) is 1. The van der Waals surface area contributed by atoms with Gasteiger partial charge in [0.25, 0.3) is 0 Å². The second-order valence-electron chi connectivity index (χ2n) is 4.73. The maximum Gasteiger partial charge on any atom is 0.236 e. The fourth-order valence-corrected chi connectivity index (χ4v) is 2.24. The van der Waals surface area contributed by atoms with E-state index in [9.17, 15) is 4.79 Å². The second-order valence-corrected chi connectivity index (χ2v) is 4.73. The topological polar surface area (TPSA) is 55.1 Å². The minimum absolute atomic E-state index is 0. The molecule has 0 bridgehead atoms. The summed E-state index contributed by atoms with van der Waals surface area (Å²) in [4.78, 5) is 11.2. The van der Waals surface area contributed by atoms with Gasteiger partial charge in [0.1, 0.15) is 0 Å². The molecular formula is C12H25ClN2O. The van der Waals surface area contributed by atoms with Crippen LogP contribution < -0.4 is 11.1 Å². The Balaban J connectivity index is 0.00000225. The van der Waals surface area contributed by atoms with Crippen molar-refractivity contribution < 1.29 is 4.79 Å². The molecule has 1 aliphatic carbocycles. The van der Waals surface area contributed by atoms with Crippen molar-refractivity contribution in [3.05, 3.63) is 0 Å². The molecule has 1 saturated carbocycles. The average Bonchev–Trinajstić information content (AvgIpc) is 2.25. The van der Waals surface area contributed by atoms with Gasteiger partial charge >= 0.3 is 0 Å². The van der Waals surface area contributed by atoms with Crippen molar-refractivity contribution in [3.8, 4) is 0 Å². The molecule has 0 aliphatic heterocycles. The number of nitrogens with one attached hydrogen (secondary N) is 1. The smallest absolute Gasteiger partial charge is 0.236 e. The van der Waals surface area contributed by atoms with Crippen LogP contribution in [0, 0.1) is 5.92 Å². The van der Waals surface area contributed by atoms with Crippen molar-refractivity contribution in [1.29, 1.82) is 0 Å². The van der Waals surface area contributed by atoms with Crippen molar-refractivity contribution in [3.63, 3.8) is 0 Å². The zero-order valence-electron chi connectivity index (χ0n) is 10.2. The number of carbonyl (C=O) groups excluding carboxylic acids is 1. The van der Waals surface area contributed by atoms with Gasteiger partial charge in [0, 0.05) is 6.54 Å². The molecule has 0 unspecified atom stereocenters. The molecule has 96 valence electrons. The SMILES string of the molecule is C[C@H](N)C(=O)NCCCC1CCCCC1.Cl. The van der Waals surface area contributed by atoms with E-state index in [-0.39, 0.29) is 24.4 Å². The van der Waals surface area contributed by atoms with Crippen LogP contribution in [0.3, 0.4) is 0 Å². The molecular weight excluding hydrogens is 224 g/mol. The molecule has 4 heteroatoms. The molecule has 1 amide bonds. The molecule has 1 rings (SSSR count). The quantitative estimate of drug-likeness (QED) is 0.734. The van der Waals surface area contributed by atoms with Crippen molar-refractivity contribution in [2.24, 2.45) is 11.7 Å². The molecule has 3 nitrogen and oxygen atoms in total. The molecule has 0 radical (unpaired) electrons. The summed E-state index contributed by atoms with van der Waals surface area (Å²) in [5.74, 6) is 0.879. The van der Waals surface area contributed by atoms with Gasteiger partial charge in [-0.2, -0.15) is 0 Å². The van der Waals surface area contributed by atoms with E-state index >= 15 is 0 Å². The van der Waals surface area contributed by atoms with E-state index in [0.717, 1.165) is 18.9 Å². The monoisotopic (exact) mass is 248 g/mol. The summed E-state index contributed by atoms with van der Waals surface area (Å²) in [5, 5.41) is 2.86. The predicted molar refractivity (Wildman–Crippen MR) is 69.7 cm³/mol. The summed E-state index contributed by atoms with van der Waals surface area (Å²) in [7, 11) is 0. The Kier molecular flexibility index (Phi) is 8.67. The Morgan fingerprint density at radius 2 is 2.00 bits per heavy atom. The molecule has 0 heterocycles. The second kappa shape index (κ2) is 8.82. The maximum absolute atomic E-state index is 11.2. The molecule has 0 aromatic rings. The van der Waals surface area contributed by atoms with Gasteiger partial charge in [-0.25, -0.2) is 0 Å². The average molecular weight is 249 g/mol. The lowest BCUT2D eigenvalue weighted by atomic mass is 9.86. The van der Waals surface area contributed by atoms with Crippen LogP contribution in [-0.4, -0.2) is 18.5 Å². The highest BCUT2D eigenvalue weighted by molar-refractivity contribution is 5.85. The summed E-state index contributed by atoms with van der Waals surface area (Å²) in [6, 6.07) is -0.375. The van der Waals surface area contributed by atoms with Crippen LogP contribution >= 0.6 is 12.4 Å². The van der Waals surface area contributed by atoms with Crippen LogP contribution in [0.1, 0.15) is 51.9 Å². The fraction of sp³-hybridized carbons (Fsp3) is 0.917. The summed E-state index contributed by atoms with van der Waals surface area (Å²) in [6.07, 6.45) is 9.36. The van der Waals surface area contributed by atoms with Crippen LogP contribution in [0.2, 0.25) is 0 Å². The van der Waals surface area contributed by atoms with Gasteiger partial charge in [0.2, 0.25) is 5.91 Å². The maximum atomic E-state index is 11.2. The van der Waals surface area contributed by atoms with Gasteiger partial charge in [0.15, 0.2) is 0 Å². The Morgan fingerprint density at radius 3 is 2.56 bits per heavy atom. The van der Waals surface area contributed by atoms with Crippen molar-refractivity contribution in [2.45, 2.75) is 57.9 Å². The molecule has 0 saturated heterocycles. The first-order valence-corrected chi connectivity index (χ1v) is 6.23. The van der Waals surface area contributed by atoms with E-state index < -0.39 is 0 Å². The molecule has 0 aromatic heterocycles. The van der Waals surface area contributed by atoms with Crippen LogP contribution in [-0.2, 0) is 4.79 Å². The molecule has 16 heavy (non-hydrogen) atoms. The van der Waals surface area contributed by atoms with Crippen molar-refractivity contribution in [2.75, 3.05) is 6.54 Å². The normalized spacial score (nSPS) is 18.6. The number of hydrogen-bond donors (Lipinski definition) is 2. The van der Waals surface area contributed by atoms with E-state index in [1.54, 1.807) is 6.92 Å². The minimum Gasteiger partial charge on any atom is -0.355 e. The third kappa shape index (κ3) is 6.33. The van der Waals surface area contributed by atoms with E-state index in [4.69, 9.17) is 5.73 Å². The molecule has 3 N–H and O–H groups in total. The van der Waals surface area contributed by atoms with Crippen LogP contribution in [0.4, 0.5) is 0 Å². The highest BCUT2D eigenvalue weighted by Crippen LogP contribution is 2.26. The van der Waals surface area contributed by atoms with E-state index in [0.29, 0.717) is 0 Å². The summed E-state index contributed by atoms with van der Waals surface area (Å²) in [5.41, 5.74) is 5.45. The highest BCUT2D eigenvalue weighted by Gasteiger charge is 2.13. The van der Waals surface area contributed by atoms with E-state index in [1.165, 1.54) is 38.5 Å². The molecule has 1 aliphatic rings. The lowest BCUT2D eigenvalue weighted by molar-refractivity contribution is -0.121. The first-order chi connectivity index (χ1) is 7.20. The van der Waals surface area contributed by atoms with Gasteiger partial charge in [-0.15, -0.1) is 12.4 Å². The molecule has 1 fully saturated rings. The molecule has 0 spiro atoms. The van der Waals surface area contributed by atoms with Gasteiger partial charge in [-0.1, -0.05) is 32.1 Å². The Hall–Kier alpha value is -0.280. The van der Waals surface area contributed by atoms with E-state index in [2.05, 4.69) is 5.32 Å². The van der Waals surface area contributed by atoms with Crippen LogP contribution in [0.5, 0.6) is 0 Å². The number of rotatable bonds is 5.